The second-order valence-corrected chi connectivity index (χ2v) is 17.3. The monoisotopic (exact) mass is 848 g/mol. The van der Waals surface area contributed by atoms with Gasteiger partial charge < -0.3 is 9.13 Å². The molecule has 0 aliphatic heterocycles. The van der Waals surface area contributed by atoms with Gasteiger partial charge >= 0.3 is 0 Å². The number of fused-ring (bicyclic) bond motifs is 8. The number of hydrogen-bond acceptors (Lipinski definition) is 5. The lowest BCUT2D eigenvalue weighted by Crippen LogP contribution is -2.01. The first kappa shape index (κ1) is 37.1. The van der Waals surface area contributed by atoms with E-state index in [2.05, 4.69) is 167 Å². The summed E-state index contributed by atoms with van der Waals surface area (Å²) in [5.41, 5.74) is 14.0. The highest BCUT2D eigenvalue weighted by Gasteiger charge is 2.20. The van der Waals surface area contributed by atoms with Crippen molar-refractivity contribution in [1.82, 2.24) is 29.1 Å². The lowest BCUT2D eigenvalue weighted by Gasteiger charge is -2.12. The van der Waals surface area contributed by atoms with Gasteiger partial charge in [-0.3, -0.25) is 0 Å². The SMILES string of the molecule is c1ccc(-c2nc(-c3ccccc3)nc(-c3cccc(-n4c5ccccc5c5cc(-c6ccc7c(c6)c6ccc8nc(-c9ccccc9)sc8c6n7-c6ccccc6)ccc54)c3)n2)cc1. The van der Waals surface area contributed by atoms with Crippen LogP contribution in [-0.4, -0.2) is 29.1 Å². The number of aromatic nitrogens is 6. The molecule has 0 aliphatic rings. The first-order valence-electron chi connectivity index (χ1n) is 21.7. The van der Waals surface area contributed by atoms with Gasteiger partial charge in [-0.1, -0.05) is 152 Å². The first-order valence-corrected chi connectivity index (χ1v) is 22.5. The Bertz CT molecular complexity index is 3870. The van der Waals surface area contributed by atoms with Gasteiger partial charge in [0, 0.05) is 55.2 Å². The summed E-state index contributed by atoms with van der Waals surface area (Å²) < 4.78 is 5.96. The van der Waals surface area contributed by atoms with Gasteiger partial charge in [0.1, 0.15) is 5.01 Å². The standard InChI is InChI=1S/C58H36N6S/c1-5-16-37(17-6-1)55-60-56(38-18-7-2-8-19-38)62-57(61-55)42-22-15-25-44(34-42)63-50-27-14-13-26-45(50)47-35-40(28-32-51(47)63)41-29-33-52-48(36-41)46-30-31-49-54(53(46)64(52)43-23-11-4-12-24-43)65-58(59-49)39-20-9-3-10-21-39/h1-36H. The zero-order valence-electron chi connectivity index (χ0n) is 34.9. The summed E-state index contributed by atoms with van der Waals surface area (Å²) in [5, 5.41) is 5.83. The fraction of sp³-hybridized carbons (Fsp3) is 0. The van der Waals surface area contributed by atoms with Crippen LogP contribution < -0.4 is 0 Å². The Hall–Kier alpha value is -8.52. The van der Waals surface area contributed by atoms with Gasteiger partial charge in [0.05, 0.1) is 32.3 Å². The van der Waals surface area contributed by atoms with Crippen molar-refractivity contribution in [2.75, 3.05) is 0 Å². The van der Waals surface area contributed by atoms with Gasteiger partial charge in [0.15, 0.2) is 17.5 Å². The summed E-state index contributed by atoms with van der Waals surface area (Å²) in [5.74, 6) is 1.90. The lowest BCUT2D eigenvalue weighted by molar-refractivity contribution is 1.07. The Morgan fingerprint density at radius 2 is 0.815 bits per heavy atom. The molecule has 4 aromatic heterocycles. The molecule has 0 bridgehead atoms. The second-order valence-electron chi connectivity index (χ2n) is 16.3. The summed E-state index contributed by atoms with van der Waals surface area (Å²) in [4.78, 5) is 20.1. The molecular weight excluding hydrogens is 813 g/mol. The minimum atomic E-state index is 0.624. The molecule has 65 heavy (non-hydrogen) atoms. The van der Waals surface area contributed by atoms with Crippen molar-refractivity contribution >= 4 is 65.2 Å². The van der Waals surface area contributed by atoms with Crippen LogP contribution in [0.25, 0.3) is 121 Å². The van der Waals surface area contributed by atoms with E-state index in [0.29, 0.717) is 17.5 Å². The van der Waals surface area contributed by atoms with E-state index in [9.17, 15) is 0 Å². The molecule has 0 N–H and O–H groups in total. The highest BCUT2D eigenvalue weighted by Crippen LogP contribution is 2.43. The molecule has 0 spiro atoms. The minimum Gasteiger partial charge on any atom is -0.309 e. The number of thiazole rings is 1. The van der Waals surface area contributed by atoms with Crippen molar-refractivity contribution in [3.05, 3.63) is 218 Å². The van der Waals surface area contributed by atoms with E-state index in [0.717, 1.165) is 66.3 Å². The fourth-order valence-corrected chi connectivity index (χ4v) is 10.5. The number of benzene rings is 9. The maximum Gasteiger partial charge on any atom is 0.164 e. The molecule has 6 nitrogen and oxygen atoms in total. The molecule has 304 valence electrons. The van der Waals surface area contributed by atoms with Crippen LogP contribution in [-0.2, 0) is 0 Å². The Kier molecular flexibility index (Phi) is 8.60. The van der Waals surface area contributed by atoms with Crippen molar-refractivity contribution in [3.8, 4) is 67.2 Å². The predicted molar refractivity (Wildman–Crippen MR) is 269 cm³/mol. The first-order chi connectivity index (χ1) is 32.2. The van der Waals surface area contributed by atoms with E-state index in [4.69, 9.17) is 19.9 Å². The fourth-order valence-electron chi connectivity index (χ4n) is 9.37. The zero-order valence-corrected chi connectivity index (χ0v) is 35.7. The highest BCUT2D eigenvalue weighted by atomic mass is 32.1. The van der Waals surface area contributed by atoms with Crippen LogP contribution in [0.5, 0.6) is 0 Å². The van der Waals surface area contributed by atoms with Gasteiger partial charge in [-0.2, -0.15) is 0 Å². The van der Waals surface area contributed by atoms with Crippen LogP contribution in [0, 0.1) is 0 Å². The van der Waals surface area contributed by atoms with E-state index < -0.39 is 0 Å². The Morgan fingerprint density at radius 1 is 0.308 bits per heavy atom. The summed E-state index contributed by atoms with van der Waals surface area (Å²) in [7, 11) is 0. The molecule has 0 atom stereocenters. The van der Waals surface area contributed by atoms with Crippen LogP contribution in [0.1, 0.15) is 0 Å². The van der Waals surface area contributed by atoms with Crippen molar-refractivity contribution in [2.24, 2.45) is 0 Å². The number of rotatable bonds is 7. The predicted octanol–water partition coefficient (Wildman–Crippen LogP) is 15.0. The molecule has 4 heterocycles. The number of hydrogen-bond donors (Lipinski definition) is 0. The zero-order chi connectivity index (χ0) is 42.8. The minimum absolute atomic E-state index is 0.624. The largest absolute Gasteiger partial charge is 0.309 e. The molecule has 13 rings (SSSR count). The maximum atomic E-state index is 5.13. The third-order valence-electron chi connectivity index (χ3n) is 12.4. The molecule has 0 unspecified atom stereocenters. The topological polar surface area (TPSA) is 61.4 Å². The number of para-hydroxylation sites is 2. The second kappa shape index (κ2) is 15.1. The molecule has 0 fully saturated rings. The van der Waals surface area contributed by atoms with Crippen LogP contribution in [0.4, 0.5) is 0 Å². The van der Waals surface area contributed by atoms with Gasteiger partial charge in [-0.25, -0.2) is 19.9 Å². The van der Waals surface area contributed by atoms with E-state index in [-0.39, 0.29) is 0 Å². The third-order valence-corrected chi connectivity index (χ3v) is 13.5. The van der Waals surface area contributed by atoms with Crippen molar-refractivity contribution in [3.63, 3.8) is 0 Å². The van der Waals surface area contributed by atoms with Gasteiger partial charge in [0.25, 0.3) is 0 Å². The van der Waals surface area contributed by atoms with Crippen LogP contribution in [0.2, 0.25) is 0 Å². The Morgan fingerprint density at radius 3 is 1.48 bits per heavy atom. The quantitative estimate of drug-likeness (QED) is 0.160. The number of nitrogens with zero attached hydrogens (tertiary/aromatic N) is 6. The van der Waals surface area contributed by atoms with E-state index in [1.807, 2.05) is 60.7 Å². The van der Waals surface area contributed by atoms with Crippen molar-refractivity contribution in [1.29, 1.82) is 0 Å². The Labute approximate surface area is 378 Å². The summed E-state index contributed by atoms with van der Waals surface area (Å²) in [6, 6.07) is 76.9. The average molecular weight is 849 g/mol. The van der Waals surface area contributed by atoms with Gasteiger partial charge in [-0.05, 0) is 77.9 Å². The molecule has 0 radical (unpaired) electrons. The normalized spacial score (nSPS) is 11.7. The smallest absolute Gasteiger partial charge is 0.164 e. The van der Waals surface area contributed by atoms with Crippen LogP contribution in [0.15, 0.2) is 218 Å². The molecule has 13 aromatic rings. The summed E-state index contributed by atoms with van der Waals surface area (Å²) in [6.45, 7) is 0. The maximum absolute atomic E-state index is 5.13. The molecule has 0 aliphatic carbocycles. The summed E-state index contributed by atoms with van der Waals surface area (Å²) in [6.07, 6.45) is 0. The van der Waals surface area contributed by atoms with Crippen LogP contribution in [0.3, 0.4) is 0 Å². The van der Waals surface area contributed by atoms with Crippen molar-refractivity contribution < 1.29 is 0 Å². The molecule has 0 saturated carbocycles. The molecule has 0 amide bonds. The van der Waals surface area contributed by atoms with Crippen LogP contribution >= 0.6 is 11.3 Å². The highest BCUT2D eigenvalue weighted by molar-refractivity contribution is 7.22. The van der Waals surface area contributed by atoms with Gasteiger partial charge in [-0.15, -0.1) is 11.3 Å². The average Bonchev–Trinajstić information content (AvgIpc) is 4.07. The van der Waals surface area contributed by atoms with E-state index in [1.54, 1.807) is 11.3 Å². The molecule has 0 saturated heterocycles. The third kappa shape index (κ3) is 6.24. The molecular formula is C58H36N6S. The molecule has 9 aromatic carbocycles. The summed E-state index contributed by atoms with van der Waals surface area (Å²) >= 11 is 1.76. The van der Waals surface area contributed by atoms with Crippen molar-refractivity contribution in [2.45, 2.75) is 0 Å². The Balaban J connectivity index is 0.950. The van der Waals surface area contributed by atoms with E-state index in [1.165, 1.54) is 37.3 Å². The van der Waals surface area contributed by atoms with Gasteiger partial charge in [0.2, 0.25) is 0 Å². The lowest BCUT2D eigenvalue weighted by atomic mass is 10.0. The molecule has 7 heteroatoms. The van der Waals surface area contributed by atoms with E-state index >= 15 is 0 Å².